The Morgan fingerprint density at radius 1 is 1.45 bits per heavy atom. The van der Waals surface area contributed by atoms with Gasteiger partial charge in [-0.1, -0.05) is 5.21 Å². The Morgan fingerprint density at radius 2 is 2.15 bits per heavy atom. The van der Waals surface area contributed by atoms with Crippen LogP contribution in [-0.2, 0) is 17.9 Å². The van der Waals surface area contributed by atoms with Crippen LogP contribution in [0.2, 0.25) is 0 Å². The van der Waals surface area contributed by atoms with E-state index < -0.39 is 10.9 Å². The molecule has 0 unspecified atom stereocenters. The number of nitrogens with zero attached hydrogens (tertiary/aromatic N) is 6. The molecule has 2 heterocycles. The quantitative estimate of drug-likeness (QED) is 0.535. The van der Waals surface area contributed by atoms with E-state index in [0.29, 0.717) is 5.69 Å². The molecule has 0 atom stereocenters. The van der Waals surface area contributed by atoms with E-state index in [1.807, 2.05) is 0 Å². The Kier molecular flexibility index (Phi) is 3.79. The number of hydrogen-bond acceptors (Lipinski definition) is 8. The predicted octanol–water partition coefficient (Wildman–Crippen LogP) is -0.327. The first-order valence-electron chi connectivity index (χ1n) is 5.35. The molecule has 0 aliphatic carbocycles. The van der Waals surface area contributed by atoms with Crippen LogP contribution in [0.1, 0.15) is 5.69 Å². The maximum atomic E-state index is 10.5. The molecule has 0 aliphatic heterocycles. The highest BCUT2D eigenvalue weighted by Crippen LogP contribution is 2.08. The lowest BCUT2D eigenvalue weighted by molar-refractivity contribution is -0.385. The number of aromatic nitrogens is 5. The van der Waals surface area contributed by atoms with E-state index in [4.69, 9.17) is 5.11 Å². The van der Waals surface area contributed by atoms with Crippen molar-refractivity contribution in [3.05, 3.63) is 34.4 Å². The lowest BCUT2D eigenvalue weighted by Crippen LogP contribution is -2.09. The van der Waals surface area contributed by atoms with Crippen molar-refractivity contribution >= 4 is 17.6 Å². The number of aliphatic carboxylic acids is 1. The van der Waals surface area contributed by atoms with Gasteiger partial charge in [0, 0.05) is 0 Å². The van der Waals surface area contributed by atoms with Gasteiger partial charge in [0.05, 0.1) is 17.7 Å². The summed E-state index contributed by atoms with van der Waals surface area (Å²) in [7, 11) is 0. The number of carboxylic acids is 1. The van der Waals surface area contributed by atoms with Crippen molar-refractivity contribution in [3.8, 4) is 0 Å². The number of carbonyl (C=O) groups is 1. The Bertz CT molecular complexity index is 623. The van der Waals surface area contributed by atoms with Gasteiger partial charge in [0.1, 0.15) is 24.6 Å². The van der Waals surface area contributed by atoms with E-state index in [1.54, 1.807) is 0 Å². The van der Waals surface area contributed by atoms with Crippen molar-refractivity contribution in [1.29, 1.82) is 0 Å². The summed E-state index contributed by atoms with van der Waals surface area (Å²) in [6, 6.07) is 0. The van der Waals surface area contributed by atoms with Crippen molar-refractivity contribution in [1.82, 2.24) is 25.0 Å². The van der Waals surface area contributed by atoms with Gasteiger partial charge in [0.2, 0.25) is 5.95 Å². The molecule has 0 aromatic carbocycles. The lowest BCUT2D eigenvalue weighted by atomic mass is 10.4. The maximum absolute atomic E-state index is 10.5. The van der Waals surface area contributed by atoms with Crippen LogP contribution >= 0.6 is 0 Å². The molecular formula is C9H9N7O4. The molecule has 0 radical (unpaired) electrons. The highest BCUT2D eigenvalue weighted by Gasteiger charge is 2.08. The standard InChI is InChI=1S/C9H9N7O4/c17-8(18)5-15-4-6(13-14-15)1-10-9-11-2-7(3-12-9)16(19)20/h2-4H,1,5H2,(H,17,18)(H,10,11,12). The van der Waals surface area contributed by atoms with Gasteiger partial charge in [-0.25, -0.2) is 14.6 Å². The van der Waals surface area contributed by atoms with Crippen molar-refractivity contribution in [3.63, 3.8) is 0 Å². The zero-order valence-electron chi connectivity index (χ0n) is 10.0. The second kappa shape index (κ2) is 5.69. The Balaban J connectivity index is 1.93. The number of carboxylic acid groups (broad SMARTS) is 1. The van der Waals surface area contributed by atoms with Crippen LogP contribution in [0.5, 0.6) is 0 Å². The van der Waals surface area contributed by atoms with Gasteiger partial charge in [-0.2, -0.15) is 0 Å². The SMILES string of the molecule is O=C(O)Cn1cc(CNc2ncc([N+](=O)[O-])cn2)nn1. The van der Waals surface area contributed by atoms with E-state index in [-0.39, 0.29) is 24.7 Å². The monoisotopic (exact) mass is 279 g/mol. The number of nitrogens with one attached hydrogen (secondary N) is 1. The summed E-state index contributed by atoms with van der Waals surface area (Å²) < 4.78 is 1.18. The Morgan fingerprint density at radius 3 is 2.75 bits per heavy atom. The van der Waals surface area contributed by atoms with Crippen molar-refractivity contribution in [2.24, 2.45) is 0 Å². The third kappa shape index (κ3) is 3.44. The van der Waals surface area contributed by atoms with Crippen molar-refractivity contribution < 1.29 is 14.8 Å². The number of hydrogen-bond donors (Lipinski definition) is 2. The molecule has 0 spiro atoms. The zero-order chi connectivity index (χ0) is 14.5. The van der Waals surface area contributed by atoms with Crippen LogP contribution in [0.15, 0.2) is 18.6 Å². The molecule has 0 saturated carbocycles. The summed E-state index contributed by atoms with van der Waals surface area (Å²) in [5, 5.41) is 29.2. The van der Waals surface area contributed by atoms with Gasteiger partial charge in [0.25, 0.3) is 0 Å². The molecule has 104 valence electrons. The molecule has 2 N–H and O–H groups in total. The van der Waals surface area contributed by atoms with Gasteiger partial charge in [-0.3, -0.25) is 14.9 Å². The fourth-order valence-electron chi connectivity index (χ4n) is 1.31. The number of rotatable bonds is 6. The minimum absolute atomic E-state index is 0.198. The molecule has 0 saturated heterocycles. The van der Waals surface area contributed by atoms with Gasteiger partial charge in [-0.05, 0) is 0 Å². The molecule has 11 nitrogen and oxygen atoms in total. The Labute approximate surface area is 111 Å². The summed E-state index contributed by atoms with van der Waals surface area (Å²) in [6.07, 6.45) is 3.62. The summed E-state index contributed by atoms with van der Waals surface area (Å²) >= 11 is 0. The summed E-state index contributed by atoms with van der Waals surface area (Å²) in [6.45, 7) is -0.0571. The van der Waals surface area contributed by atoms with Crippen LogP contribution in [0.3, 0.4) is 0 Å². The average Bonchev–Trinajstić information content (AvgIpc) is 2.83. The minimum atomic E-state index is -1.02. The third-order valence-electron chi connectivity index (χ3n) is 2.16. The average molecular weight is 279 g/mol. The predicted molar refractivity (Wildman–Crippen MR) is 63.7 cm³/mol. The second-order valence-corrected chi connectivity index (χ2v) is 3.68. The van der Waals surface area contributed by atoms with Crippen LogP contribution in [0.4, 0.5) is 11.6 Å². The van der Waals surface area contributed by atoms with E-state index in [9.17, 15) is 14.9 Å². The second-order valence-electron chi connectivity index (χ2n) is 3.68. The summed E-state index contributed by atoms with van der Waals surface area (Å²) in [5.41, 5.74) is 0.288. The van der Waals surface area contributed by atoms with E-state index in [2.05, 4.69) is 25.6 Å². The van der Waals surface area contributed by atoms with Crippen LogP contribution in [-0.4, -0.2) is 41.0 Å². The lowest BCUT2D eigenvalue weighted by Gasteiger charge is -2.00. The van der Waals surface area contributed by atoms with Gasteiger partial charge in [0.15, 0.2) is 0 Å². The molecule has 2 rings (SSSR count). The first-order valence-corrected chi connectivity index (χ1v) is 5.35. The van der Waals surface area contributed by atoms with Crippen molar-refractivity contribution in [2.75, 3.05) is 5.32 Å². The molecular weight excluding hydrogens is 270 g/mol. The largest absolute Gasteiger partial charge is 0.480 e. The van der Waals surface area contributed by atoms with Gasteiger partial charge >= 0.3 is 11.7 Å². The Hall–Kier alpha value is -3.11. The van der Waals surface area contributed by atoms with Crippen LogP contribution in [0.25, 0.3) is 0 Å². The summed E-state index contributed by atoms with van der Waals surface area (Å²) in [5.74, 6) is -0.823. The molecule has 2 aromatic rings. The highest BCUT2D eigenvalue weighted by molar-refractivity contribution is 5.66. The fraction of sp³-hybridized carbons (Fsp3) is 0.222. The number of anilines is 1. The van der Waals surface area contributed by atoms with Crippen LogP contribution in [0, 0.1) is 10.1 Å². The zero-order valence-corrected chi connectivity index (χ0v) is 10.0. The first-order chi connectivity index (χ1) is 9.54. The summed E-state index contributed by atoms with van der Waals surface area (Å²) in [4.78, 5) is 27.8. The molecule has 0 bridgehead atoms. The molecule has 0 amide bonds. The normalized spacial score (nSPS) is 10.2. The molecule has 2 aromatic heterocycles. The molecule has 11 heteroatoms. The van der Waals surface area contributed by atoms with Crippen LogP contribution < -0.4 is 5.32 Å². The molecule has 20 heavy (non-hydrogen) atoms. The van der Waals surface area contributed by atoms with E-state index in [0.717, 1.165) is 12.4 Å². The third-order valence-corrected chi connectivity index (χ3v) is 2.16. The maximum Gasteiger partial charge on any atom is 0.325 e. The van der Waals surface area contributed by atoms with Gasteiger partial charge in [-0.15, -0.1) is 5.10 Å². The smallest absolute Gasteiger partial charge is 0.325 e. The molecule has 0 aliphatic rings. The van der Waals surface area contributed by atoms with Gasteiger partial charge < -0.3 is 10.4 Å². The first kappa shape index (κ1) is 13.3. The molecule has 0 fully saturated rings. The van der Waals surface area contributed by atoms with Crippen molar-refractivity contribution in [2.45, 2.75) is 13.1 Å². The van der Waals surface area contributed by atoms with E-state index >= 15 is 0 Å². The topological polar surface area (TPSA) is 149 Å². The fourth-order valence-corrected chi connectivity index (χ4v) is 1.31. The van der Waals surface area contributed by atoms with E-state index in [1.165, 1.54) is 10.9 Å². The highest BCUT2D eigenvalue weighted by atomic mass is 16.6. The minimum Gasteiger partial charge on any atom is -0.480 e. The number of nitro groups is 1.